The molecule has 6 nitrogen and oxygen atoms in total. The Balaban J connectivity index is 1.41. The van der Waals surface area contributed by atoms with Gasteiger partial charge in [0, 0.05) is 6.54 Å². The number of rotatable bonds is 4. The highest BCUT2D eigenvalue weighted by molar-refractivity contribution is 5.82. The van der Waals surface area contributed by atoms with Gasteiger partial charge in [0.05, 0.1) is 23.2 Å². The number of aryl methyl sites for hydroxylation is 1. The first-order valence-corrected chi connectivity index (χ1v) is 12.4. The topological polar surface area (TPSA) is 86.3 Å². The molecule has 3 aromatic rings. The van der Waals surface area contributed by atoms with E-state index in [2.05, 4.69) is 37.9 Å². The summed E-state index contributed by atoms with van der Waals surface area (Å²) in [7, 11) is 0. The van der Waals surface area contributed by atoms with Crippen LogP contribution in [-0.4, -0.2) is 32.4 Å². The summed E-state index contributed by atoms with van der Waals surface area (Å²) in [6, 6.07) is 17.8. The standard InChI is InChI=1S/C29H33N3O3/c1-28(2,3)21-12-7-9-19(17-21)24(33)26(35)32-16-8-13-23-22(18-32)25(34)31-27(30-23)29(14-15-29)20-10-5-4-6-11-20/h4-7,9-12,17,24,33H,8,13-16,18H2,1-3H3,(H,30,31,34). The molecule has 0 spiro atoms. The molecule has 2 heterocycles. The monoisotopic (exact) mass is 471 g/mol. The van der Waals surface area contributed by atoms with E-state index in [1.165, 1.54) is 5.56 Å². The predicted octanol–water partition coefficient (Wildman–Crippen LogP) is 4.16. The Bertz CT molecular complexity index is 1300. The Morgan fingerprint density at radius 1 is 1.11 bits per heavy atom. The van der Waals surface area contributed by atoms with Crippen molar-refractivity contribution in [2.45, 2.75) is 69.9 Å². The number of amides is 1. The maximum Gasteiger partial charge on any atom is 0.256 e. The molecule has 182 valence electrons. The number of fused-ring (bicyclic) bond motifs is 1. The number of carbonyl (C=O) groups excluding carboxylic acids is 1. The Morgan fingerprint density at radius 2 is 1.86 bits per heavy atom. The largest absolute Gasteiger partial charge is 0.378 e. The minimum absolute atomic E-state index is 0.0876. The van der Waals surface area contributed by atoms with Gasteiger partial charge in [-0.15, -0.1) is 0 Å². The van der Waals surface area contributed by atoms with Crippen molar-refractivity contribution in [3.63, 3.8) is 0 Å². The molecule has 2 N–H and O–H groups in total. The summed E-state index contributed by atoms with van der Waals surface area (Å²) in [6.07, 6.45) is 1.99. The molecule has 1 fully saturated rings. The third-order valence-corrected chi connectivity index (χ3v) is 7.44. The zero-order valence-electron chi connectivity index (χ0n) is 20.7. The molecule has 1 saturated carbocycles. The van der Waals surface area contributed by atoms with Gasteiger partial charge in [0.15, 0.2) is 6.10 Å². The molecule has 6 heteroatoms. The lowest BCUT2D eigenvalue weighted by atomic mass is 9.85. The van der Waals surface area contributed by atoms with E-state index in [1.807, 2.05) is 36.4 Å². The number of H-pyrrole nitrogens is 1. The van der Waals surface area contributed by atoms with Crippen LogP contribution in [0.25, 0.3) is 0 Å². The molecule has 1 aliphatic carbocycles. The van der Waals surface area contributed by atoms with Crippen LogP contribution in [0, 0.1) is 0 Å². The van der Waals surface area contributed by atoms with Gasteiger partial charge in [-0.3, -0.25) is 9.59 Å². The lowest BCUT2D eigenvalue weighted by Gasteiger charge is -2.25. The van der Waals surface area contributed by atoms with Crippen LogP contribution in [-0.2, 0) is 28.6 Å². The minimum Gasteiger partial charge on any atom is -0.378 e. The van der Waals surface area contributed by atoms with E-state index in [9.17, 15) is 14.7 Å². The number of aromatic nitrogens is 2. The third-order valence-electron chi connectivity index (χ3n) is 7.44. The smallest absolute Gasteiger partial charge is 0.256 e. The molecule has 35 heavy (non-hydrogen) atoms. The molecule has 1 aromatic heterocycles. The first-order chi connectivity index (χ1) is 16.7. The number of aromatic amines is 1. The Kier molecular flexibility index (Phi) is 5.88. The van der Waals surface area contributed by atoms with Crippen LogP contribution in [0.15, 0.2) is 59.4 Å². The van der Waals surface area contributed by atoms with E-state index < -0.39 is 6.10 Å². The maximum absolute atomic E-state index is 13.3. The maximum atomic E-state index is 13.3. The van der Waals surface area contributed by atoms with Gasteiger partial charge in [0.25, 0.3) is 11.5 Å². The van der Waals surface area contributed by atoms with Gasteiger partial charge in [0.2, 0.25) is 0 Å². The number of hydrogen-bond donors (Lipinski definition) is 2. The van der Waals surface area contributed by atoms with Crippen molar-refractivity contribution in [2.75, 3.05) is 6.54 Å². The highest BCUT2D eigenvalue weighted by atomic mass is 16.3. The second-order valence-corrected chi connectivity index (χ2v) is 10.9. The molecule has 1 unspecified atom stereocenters. The summed E-state index contributed by atoms with van der Waals surface area (Å²) in [6.45, 7) is 6.93. The normalized spacial score (nSPS) is 17.9. The Hall–Kier alpha value is -3.25. The van der Waals surface area contributed by atoms with Crippen LogP contribution < -0.4 is 5.56 Å². The molecule has 5 rings (SSSR count). The lowest BCUT2D eigenvalue weighted by Crippen LogP contribution is -2.36. The molecule has 2 aromatic carbocycles. The number of nitrogens with zero attached hydrogens (tertiary/aromatic N) is 2. The second-order valence-electron chi connectivity index (χ2n) is 10.9. The van der Waals surface area contributed by atoms with Crippen molar-refractivity contribution < 1.29 is 9.90 Å². The zero-order chi connectivity index (χ0) is 24.8. The number of nitrogens with one attached hydrogen (secondary N) is 1. The second kappa shape index (κ2) is 8.76. The first-order valence-electron chi connectivity index (χ1n) is 12.4. The van der Waals surface area contributed by atoms with Crippen molar-refractivity contribution in [3.05, 3.63) is 98.7 Å². The van der Waals surface area contributed by atoms with Crippen molar-refractivity contribution >= 4 is 5.91 Å². The fourth-order valence-electron chi connectivity index (χ4n) is 5.07. The van der Waals surface area contributed by atoms with Crippen LogP contribution in [0.5, 0.6) is 0 Å². The van der Waals surface area contributed by atoms with E-state index in [0.717, 1.165) is 29.9 Å². The summed E-state index contributed by atoms with van der Waals surface area (Å²) >= 11 is 0. The quantitative estimate of drug-likeness (QED) is 0.598. The molecule has 0 saturated heterocycles. The molecule has 2 aliphatic rings. The molecule has 1 aliphatic heterocycles. The van der Waals surface area contributed by atoms with E-state index in [0.29, 0.717) is 30.5 Å². The highest BCUT2D eigenvalue weighted by Gasteiger charge is 2.48. The van der Waals surface area contributed by atoms with E-state index in [-0.39, 0.29) is 28.8 Å². The summed E-state index contributed by atoms with van der Waals surface area (Å²) in [4.78, 5) is 36.1. The molecule has 0 radical (unpaired) electrons. The molecular weight excluding hydrogens is 438 g/mol. The van der Waals surface area contributed by atoms with Gasteiger partial charge in [-0.2, -0.15) is 0 Å². The number of carbonyl (C=O) groups is 1. The summed E-state index contributed by atoms with van der Waals surface area (Å²) in [5.74, 6) is 0.349. The Labute approximate surface area is 206 Å². The molecule has 0 bridgehead atoms. The van der Waals surface area contributed by atoms with Crippen molar-refractivity contribution in [2.24, 2.45) is 0 Å². The van der Waals surface area contributed by atoms with Crippen molar-refractivity contribution in [1.82, 2.24) is 14.9 Å². The number of hydrogen-bond acceptors (Lipinski definition) is 4. The predicted molar refractivity (Wildman–Crippen MR) is 135 cm³/mol. The van der Waals surface area contributed by atoms with Gasteiger partial charge in [0.1, 0.15) is 5.82 Å². The van der Waals surface area contributed by atoms with Crippen LogP contribution >= 0.6 is 0 Å². The van der Waals surface area contributed by atoms with Crippen LogP contribution in [0.3, 0.4) is 0 Å². The van der Waals surface area contributed by atoms with E-state index >= 15 is 0 Å². The van der Waals surface area contributed by atoms with Gasteiger partial charge in [-0.1, -0.05) is 75.4 Å². The summed E-state index contributed by atoms with van der Waals surface area (Å²) < 4.78 is 0. The van der Waals surface area contributed by atoms with Crippen LogP contribution in [0.1, 0.15) is 79.9 Å². The lowest BCUT2D eigenvalue weighted by molar-refractivity contribution is -0.141. The van der Waals surface area contributed by atoms with E-state index in [1.54, 1.807) is 11.0 Å². The van der Waals surface area contributed by atoms with Gasteiger partial charge in [-0.25, -0.2) is 4.98 Å². The third kappa shape index (κ3) is 4.43. The SMILES string of the molecule is CC(C)(C)c1cccc(C(O)C(=O)N2CCCc3nc(C4(c5ccccc5)CC4)[nH]c(=O)c3C2)c1. The minimum atomic E-state index is -1.27. The number of aliphatic hydroxyl groups excluding tert-OH is 1. The van der Waals surface area contributed by atoms with Gasteiger partial charge >= 0.3 is 0 Å². The average molecular weight is 472 g/mol. The van der Waals surface area contributed by atoms with Crippen molar-refractivity contribution in [3.8, 4) is 0 Å². The summed E-state index contributed by atoms with van der Waals surface area (Å²) in [5, 5.41) is 10.9. The molecule has 1 atom stereocenters. The molecular formula is C29H33N3O3. The highest BCUT2D eigenvalue weighted by Crippen LogP contribution is 2.51. The van der Waals surface area contributed by atoms with E-state index in [4.69, 9.17) is 4.98 Å². The van der Waals surface area contributed by atoms with Crippen molar-refractivity contribution in [1.29, 1.82) is 0 Å². The Morgan fingerprint density at radius 3 is 2.54 bits per heavy atom. The van der Waals surface area contributed by atoms with Crippen LogP contribution in [0.2, 0.25) is 0 Å². The number of benzene rings is 2. The fourth-order valence-corrected chi connectivity index (χ4v) is 5.07. The van der Waals surface area contributed by atoms with Gasteiger partial charge in [-0.05, 0) is 47.8 Å². The fraction of sp³-hybridized carbons (Fsp3) is 0.414. The summed E-state index contributed by atoms with van der Waals surface area (Å²) in [5.41, 5.74) is 3.62. The number of aliphatic hydroxyl groups is 1. The average Bonchev–Trinajstić information content (AvgIpc) is 3.68. The zero-order valence-corrected chi connectivity index (χ0v) is 20.7. The van der Waals surface area contributed by atoms with Crippen LogP contribution in [0.4, 0.5) is 0 Å². The first kappa shape index (κ1) is 23.5. The molecule has 1 amide bonds. The van der Waals surface area contributed by atoms with Gasteiger partial charge < -0.3 is 15.0 Å².